The maximum Gasteiger partial charge on any atom is 0.332 e. The molecule has 0 spiro atoms. The van der Waals surface area contributed by atoms with Crippen LogP contribution in [0.3, 0.4) is 0 Å². The molecule has 0 radical (unpaired) electrons. The summed E-state index contributed by atoms with van der Waals surface area (Å²) in [7, 11) is 1.65. The molecule has 10 heteroatoms. The van der Waals surface area contributed by atoms with Crippen molar-refractivity contribution < 1.29 is 0 Å². The molecule has 5 aromatic rings. The number of anilines is 1. The van der Waals surface area contributed by atoms with Crippen LogP contribution in [0.5, 0.6) is 0 Å². The maximum atomic E-state index is 14.0. The van der Waals surface area contributed by atoms with Gasteiger partial charge in [0.15, 0.2) is 11.2 Å². The lowest BCUT2D eigenvalue weighted by Gasteiger charge is -2.34. The number of para-hydroxylation sites is 1. The Hall–Kier alpha value is -4.75. The molecule has 10 nitrogen and oxygen atoms in total. The predicted octanol–water partition coefficient (Wildman–Crippen LogP) is 2.98. The zero-order valence-electron chi connectivity index (χ0n) is 24.2. The molecule has 1 aliphatic rings. The number of rotatable bonds is 7. The van der Waals surface area contributed by atoms with Crippen molar-refractivity contribution in [2.45, 2.75) is 52.4 Å². The van der Waals surface area contributed by atoms with Crippen LogP contribution in [-0.4, -0.2) is 47.8 Å². The summed E-state index contributed by atoms with van der Waals surface area (Å²) < 4.78 is 4.50. The van der Waals surface area contributed by atoms with Crippen LogP contribution in [0, 0.1) is 18.8 Å². The molecule has 42 heavy (non-hydrogen) atoms. The van der Waals surface area contributed by atoms with Gasteiger partial charge in [0.1, 0.15) is 5.82 Å². The van der Waals surface area contributed by atoms with E-state index in [9.17, 15) is 9.59 Å². The average molecular weight is 563 g/mol. The Bertz CT molecular complexity index is 1950. The molecule has 0 aliphatic carbocycles. The number of piperidine rings is 1. The standard InChI is InChI=1S/C32H34N8O2/c1-4-5-18-39-28-29(36-31(39)38-17-11-14-24(20-38)33-19-23-12-7-6-8-13-23)37(3)32(42)40(30(28)41)21-27-34-22(2)25-15-9-10-16-26(25)35-27/h6-10,12-13,15-16,24,33H,11,14,17-21H2,1-3H3/t24-/m1/s1. The van der Waals surface area contributed by atoms with E-state index < -0.39 is 11.2 Å². The lowest BCUT2D eigenvalue weighted by molar-refractivity contribution is 0.416. The minimum Gasteiger partial charge on any atom is -0.341 e. The Labute approximate surface area is 243 Å². The number of hydrogen-bond acceptors (Lipinski definition) is 7. The largest absolute Gasteiger partial charge is 0.341 e. The third-order valence-corrected chi connectivity index (χ3v) is 7.91. The Morgan fingerprint density at radius 2 is 1.79 bits per heavy atom. The smallest absolute Gasteiger partial charge is 0.332 e. The number of nitrogens with zero attached hydrogens (tertiary/aromatic N) is 7. The first kappa shape index (κ1) is 27.4. The molecule has 0 saturated carbocycles. The first-order valence-corrected chi connectivity index (χ1v) is 14.3. The van der Waals surface area contributed by atoms with Crippen molar-refractivity contribution in [3.8, 4) is 11.8 Å². The van der Waals surface area contributed by atoms with Crippen LogP contribution in [0.4, 0.5) is 5.95 Å². The van der Waals surface area contributed by atoms with Gasteiger partial charge in [-0.05, 0) is 38.3 Å². The summed E-state index contributed by atoms with van der Waals surface area (Å²) in [5, 5.41) is 4.62. The molecule has 4 heterocycles. The zero-order chi connectivity index (χ0) is 29.2. The number of imidazole rings is 1. The van der Waals surface area contributed by atoms with E-state index in [4.69, 9.17) is 4.98 Å². The third kappa shape index (κ3) is 5.19. The van der Waals surface area contributed by atoms with Crippen LogP contribution in [0.25, 0.3) is 22.1 Å². The van der Waals surface area contributed by atoms with Gasteiger partial charge >= 0.3 is 5.69 Å². The Morgan fingerprint density at radius 1 is 1.00 bits per heavy atom. The van der Waals surface area contributed by atoms with Crippen LogP contribution >= 0.6 is 0 Å². The topological polar surface area (TPSA) is 103 Å². The molecule has 1 fully saturated rings. The molecule has 1 aliphatic heterocycles. The van der Waals surface area contributed by atoms with Gasteiger partial charge in [-0.3, -0.25) is 18.5 Å². The summed E-state index contributed by atoms with van der Waals surface area (Å²) in [6.07, 6.45) is 2.03. The highest BCUT2D eigenvalue weighted by Gasteiger charge is 2.27. The van der Waals surface area contributed by atoms with E-state index in [0.29, 0.717) is 29.5 Å². The molecule has 0 bridgehead atoms. The van der Waals surface area contributed by atoms with Gasteiger partial charge < -0.3 is 10.2 Å². The van der Waals surface area contributed by atoms with Gasteiger partial charge in [0, 0.05) is 43.8 Å². The van der Waals surface area contributed by atoms with E-state index in [0.717, 1.165) is 49.1 Å². The van der Waals surface area contributed by atoms with Crippen molar-refractivity contribution in [2.24, 2.45) is 7.05 Å². The van der Waals surface area contributed by atoms with E-state index in [-0.39, 0.29) is 12.6 Å². The Balaban J connectivity index is 1.38. The SMILES string of the molecule is CC#CCn1c(N2CCC[C@@H](NCc3ccccc3)C2)nc2c1c(=O)n(Cc1nc(C)c3ccccc3n1)c(=O)n2C. The van der Waals surface area contributed by atoms with Crippen LogP contribution in [0.2, 0.25) is 0 Å². The summed E-state index contributed by atoms with van der Waals surface area (Å²) >= 11 is 0. The molecule has 6 rings (SSSR count). The van der Waals surface area contributed by atoms with E-state index >= 15 is 0 Å². The van der Waals surface area contributed by atoms with Gasteiger partial charge in [0.2, 0.25) is 5.95 Å². The first-order valence-electron chi connectivity index (χ1n) is 14.3. The third-order valence-electron chi connectivity index (χ3n) is 7.91. The molecule has 1 atom stereocenters. The summed E-state index contributed by atoms with van der Waals surface area (Å²) in [4.78, 5) is 43.9. The van der Waals surface area contributed by atoms with Gasteiger partial charge in [0.25, 0.3) is 5.56 Å². The van der Waals surface area contributed by atoms with E-state index in [1.165, 1.54) is 14.7 Å². The summed E-state index contributed by atoms with van der Waals surface area (Å²) in [6.45, 7) is 6.26. The van der Waals surface area contributed by atoms with Crippen LogP contribution in [0.15, 0.2) is 64.2 Å². The van der Waals surface area contributed by atoms with E-state index in [1.807, 2.05) is 54.0 Å². The van der Waals surface area contributed by atoms with Gasteiger partial charge in [0.05, 0.1) is 18.6 Å². The van der Waals surface area contributed by atoms with Gasteiger partial charge in [-0.15, -0.1) is 5.92 Å². The molecule has 3 aromatic heterocycles. The molecule has 214 valence electrons. The summed E-state index contributed by atoms with van der Waals surface area (Å²) in [5.41, 5.74) is 2.64. The highest BCUT2D eigenvalue weighted by molar-refractivity contribution is 5.80. The number of nitrogens with one attached hydrogen (secondary N) is 1. The Morgan fingerprint density at radius 3 is 2.60 bits per heavy atom. The molecular weight excluding hydrogens is 528 g/mol. The number of fused-ring (bicyclic) bond motifs is 2. The number of aryl methyl sites for hydroxylation is 2. The highest BCUT2D eigenvalue weighted by Crippen LogP contribution is 2.24. The van der Waals surface area contributed by atoms with E-state index in [2.05, 4.69) is 44.2 Å². The number of aromatic nitrogens is 6. The monoisotopic (exact) mass is 562 g/mol. The summed E-state index contributed by atoms with van der Waals surface area (Å²) in [5.74, 6) is 7.12. The zero-order valence-corrected chi connectivity index (χ0v) is 24.2. The van der Waals surface area contributed by atoms with Crippen molar-refractivity contribution in [1.29, 1.82) is 0 Å². The second-order valence-electron chi connectivity index (χ2n) is 10.7. The second-order valence-corrected chi connectivity index (χ2v) is 10.7. The predicted molar refractivity (Wildman–Crippen MR) is 165 cm³/mol. The molecule has 0 amide bonds. The van der Waals surface area contributed by atoms with Crippen LogP contribution < -0.4 is 21.5 Å². The molecule has 2 aromatic carbocycles. The highest BCUT2D eigenvalue weighted by atomic mass is 16.2. The second kappa shape index (κ2) is 11.6. The van der Waals surface area contributed by atoms with Gasteiger partial charge in [-0.25, -0.2) is 14.8 Å². The number of benzene rings is 2. The fraction of sp³-hybridized carbons (Fsp3) is 0.344. The molecule has 1 N–H and O–H groups in total. The van der Waals surface area contributed by atoms with Crippen LogP contribution in [-0.2, 0) is 26.7 Å². The fourth-order valence-corrected chi connectivity index (χ4v) is 5.74. The van der Waals surface area contributed by atoms with Crippen LogP contribution in [0.1, 0.15) is 36.8 Å². The van der Waals surface area contributed by atoms with Gasteiger partial charge in [-0.1, -0.05) is 54.5 Å². The lowest BCUT2D eigenvalue weighted by Crippen LogP contribution is -2.46. The van der Waals surface area contributed by atoms with E-state index in [1.54, 1.807) is 14.0 Å². The van der Waals surface area contributed by atoms with Crippen molar-refractivity contribution in [2.75, 3.05) is 18.0 Å². The summed E-state index contributed by atoms with van der Waals surface area (Å²) in [6, 6.07) is 18.3. The number of hydrogen-bond donors (Lipinski definition) is 1. The lowest BCUT2D eigenvalue weighted by atomic mass is 10.1. The maximum absolute atomic E-state index is 14.0. The normalized spacial score (nSPS) is 15.2. The average Bonchev–Trinajstić information content (AvgIpc) is 3.40. The van der Waals surface area contributed by atoms with Crippen molar-refractivity contribution in [3.05, 3.63) is 92.5 Å². The molecule has 0 unspecified atom stereocenters. The first-order chi connectivity index (χ1) is 20.4. The minimum absolute atomic E-state index is 0.0394. The minimum atomic E-state index is -0.458. The fourth-order valence-electron chi connectivity index (χ4n) is 5.74. The molecular formula is C32H34N8O2. The van der Waals surface area contributed by atoms with Crippen molar-refractivity contribution in [1.82, 2.24) is 34.0 Å². The molecule has 1 saturated heterocycles. The van der Waals surface area contributed by atoms with Gasteiger partial charge in [-0.2, -0.15) is 4.98 Å². The van der Waals surface area contributed by atoms with Crippen molar-refractivity contribution >= 4 is 28.0 Å². The van der Waals surface area contributed by atoms with Crippen molar-refractivity contribution in [3.63, 3.8) is 0 Å². The quantitative estimate of drug-likeness (QED) is 0.304. The Kier molecular flexibility index (Phi) is 7.59.